The van der Waals surface area contributed by atoms with Crippen molar-refractivity contribution in [1.82, 2.24) is 10.3 Å². The molecule has 0 saturated carbocycles. The minimum atomic E-state index is 0.402. The molecule has 21 heavy (non-hydrogen) atoms. The molecule has 3 rings (SSSR count). The summed E-state index contributed by atoms with van der Waals surface area (Å²) >= 11 is 1.75. The number of nitrogens with one attached hydrogen (secondary N) is 1. The van der Waals surface area contributed by atoms with Crippen LogP contribution in [0.15, 0.2) is 29.8 Å². The van der Waals surface area contributed by atoms with E-state index in [2.05, 4.69) is 47.7 Å². The number of rotatable bonds is 5. The van der Waals surface area contributed by atoms with Crippen molar-refractivity contribution < 1.29 is 0 Å². The number of hydrogen-bond acceptors (Lipinski definition) is 3. The van der Waals surface area contributed by atoms with E-state index in [-0.39, 0.29) is 0 Å². The quantitative estimate of drug-likeness (QED) is 0.881. The number of nitrogens with zero attached hydrogens (tertiary/aromatic N) is 1. The lowest BCUT2D eigenvalue weighted by molar-refractivity contribution is 0.535. The molecule has 1 aromatic carbocycles. The van der Waals surface area contributed by atoms with Gasteiger partial charge in [0.05, 0.1) is 5.01 Å². The molecule has 2 nitrogen and oxygen atoms in total. The fraction of sp³-hybridized carbons (Fsp3) is 0.500. The first kappa shape index (κ1) is 14.7. The van der Waals surface area contributed by atoms with E-state index in [1.54, 1.807) is 22.5 Å². The van der Waals surface area contributed by atoms with Gasteiger partial charge in [0.1, 0.15) is 0 Å². The standard InChI is InChI=1S/C18H24N2S/c1-13(18-19-9-10-21-18)12-20-14(2)16-8-7-15-5-3-4-6-17(15)11-16/h7-11,13-14,20H,3-6,12H2,1-2H3. The normalized spacial score (nSPS) is 17.2. The molecule has 3 heteroatoms. The van der Waals surface area contributed by atoms with Crippen LogP contribution in [0.3, 0.4) is 0 Å². The summed E-state index contributed by atoms with van der Waals surface area (Å²) in [5.74, 6) is 0.477. The third kappa shape index (κ3) is 3.53. The van der Waals surface area contributed by atoms with E-state index < -0.39 is 0 Å². The van der Waals surface area contributed by atoms with Crippen LogP contribution < -0.4 is 5.32 Å². The van der Waals surface area contributed by atoms with Crippen LogP contribution in [0, 0.1) is 0 Å². The highest BCUT2D eigenvalue weighted by Gasteiger charge is 2.14. The van der Waals surface area contributed by atoms with Crippen LogP contribution in [0.25, 0.3) is 0 Å². The van der Waals surface area contributed by atoms with E-state index in [1.807, 2.05) is 6.20 Å². The van der Waals surface area contributed by atoms with Crippen molar-refractivity contribution in [2.75, 3.05) is 6.54 Å². The minimum Gasteiger partial charge on any atom is -0.310 e. The van der Waals surface area contributed by atoms with Crippen LogP contribution in [0.5, 0.6) is 0 Å². The van der Waals surface area contributed by atoms with Gasteiger partial charge >= 0.3 is 0 Å². The topological polar surface area (TPSA) is 24.9 Å². The van der Waals surface area contributed by atoms with Gasteiger partial charge in [-0.1, -0.05) is 25.1 Å². The summed E-state index contributed by atoms with van der Waals surface area (Å²) < 4.78 is 0. The lowest BCUT2D eigenvalue weighted by Crippen LogP contribution is -2.23. The van der Waals surface area contributed by atoms with Crippen molar-refractivity contribution in [1.29, 1.82) is 0 Å². The van der Waals surface area contributed by atoms with Gasteiger partial charge in [0.25, 0.3) is 0 Å². The van der Waals surface area contributed by atoms with Gasteiger partial charge in [-0.2, -0.15) is 0 Å². The van der Waals surface area contributed by atoms with E-state index >= 15 is 0 Å². The Kier molecular flexibility index (Phi) is 4.71. The molecule has 0 amide bonds. The van der Waals surface area contributed by atoms with Crippen molar-refractivity contribution in [2.45, 2.75) is 51.5 Å². The molecule has 2 unspecified atom stereocenters. The van der Waals surface area contributed by atoms with Gasteiger partial charge < -0.3 is 5.32 Å². The summed E-state index contributed by atoms with van der Waals surface area (Å²) in [6.45, 7) is 5.48. The molecule has 1 aromatic heterocycles. The Labute approximate surface area is 131 Å². The molecule has 2 aromatic rings. The first-order valence-corrected chi connectivity index (χ1v) is 8.86. The monoisotopic (exact) mass is 300 g/mol. The van der Waals surface area contributed by atoms with Gasteiger partial charge in [-0.15, -0.1) is 11.3 Å². The van der Waals surface area contributed by atoms with Gasteiger partial charge in [0, 0.05) is 30.1 Å². The molecule has 2 atom stereocenters. The second-order valence-electron chi connectivity index (χ2n) is 6.14. The highest BCUT2D eigenvalue weighted by Crippen LogP contribution is 2.25. The first-order valence-electron chi connectivity index (χ1n) is 7.98. The Hall–Kier alpha value is -1.19. The molecule has 1 aliphatic rings. The lowest BCUT2D eigenvalue weighted by Gasteiger charge is -2.21. The third-order valence-corrected chi connectivity index (χ3v) is 5.48. The average Bonchev–Trinajstić information content (AvgIpc) is 3.06. The Bertz CT molecular complexity index is 577. The van der Waals surface area contributed by atoms with Crippen LogP contribution in [-0.2, 0) is 12.8 Å². The molecular formula is C18H24N2S. The predicted octanol–water partition coefficient (Wildman–Crippen LogP) is 4.48. The maximum absolute atomic E-state index is 4.40. The summed E-state index contributed by atoms with van der Waals surface area (Å²) in [6, 6.07) is 7.46. The van der Waals surface area contributed by atoms with E-state index in [0.717, 1.165) is 6.54 Å². The minimum absolute atomic E-state index is 0.402. The zero-order valence-corrected chi connectivity index (χ0v) is 13.7. The zero-order valence-electron chi connectivity index (χ0n) is 12.9. The molecular weight excluding hydrogens is 276 g/mol. The van der Waals surface area contributed by atoms with E-state index in [9.17, 15) is 0 Å². The number of benzene rings is 1. The van der Waals surface area contributed by atoms with Crippen molar-refractivity contribution in [2.24, 2.45) is 0 Å². The molecule has 0 aliphatic heterocycles. The number of thiazole rings is 1. The summed E-state index contributed by atoms with van der Waals surface area (Å²) in [4.78, 5) is 4.40. The number of hydrogen-bond donors (Lipinski definition) is 1. The van der Waals surface area contributed by atoms with Gasteiger partial charge in [-0.25, -0.2) is 4.98 Å². The third-order valence-electron chi connectivity index (χ3n) is 4.48. The molecule has 0 spiro atoms. The summed E-state index contributed by atoms with van der Waals surface area (Å²) in [7, 11) is 0. The molecule has 0 radical (unpaired) electrons. The molecule has 0 saturated heterocycles. The average molecular weight is 300 g/mol. The fourth-order valence-corrected chi connectivity index (χ4v) is 3.76. The Morgan fingerprint density at radius 1 is 1.19 bits per heavy atom. The second kappa shape index (κ2) is 6.71. The largest absolute Gasteiger partial charge is 0.310 e. The Morgan fingerprint density at radius 3 is 2.76 bits per heavy atom. The molecule has 1 heterocycles. The first-order chi connectivity index (χ1) is 10.2. The molecule has 1 aliphatic carbocycles. The van der Waals surface area contributed by atoms with Crippen molar-refractivity contribution >= 4 is 11.3 Å². The Balaban J connectivity index is 1.61. The van der Waals surface area contributed by atoms with Crippen molar-refractivity contribution in [3.05, 3.63) is 51.5 Å². The zero-order chi connectivity index (χ0) is 14.7. The molecule has 1 N–H and O–H groups in total. The molecule has 0 bridgehead atoms. The predicted molar refractivity (Wildman–Crippen MR) is 90.0 cm³/mol. The number of aryl methyl sites for hydroxylation is 2. The number of aromatic nitrogens is 1. The van der Waals surface area contributed by atoms with E-state index in [1.165, 1.54) is 36.3 Å². The van der Waals surface area contributed by atoms with Crippen molar-refractivity contribution in [3.63, 3.8) is 0 Å². The highest BCUT2D eigenvalue weighted by molar-refractivity contribution is 7.09. The van der Waals surface area contributed by atoms with E-state index in [4.69, 9.17) is 0 Å². The smallest absolute Gasteiger partial charge is 0.0965 e. The maximum Gasteiger partial charge on any atom is 0.0965 e. The van der Waals surface area contributed by atoms with Gasteiger partial charge in [0.2, 0.25) is 0 Å². The Morgan fingerprint density at radius 2 is 2.00 bits per heavy atom. The summed E-state index contributed by atoms with van der Waals surface area (Å²) in [5.41, 5.74) is 4.55. The number of fused-ring (bicyclic) bond motifs is 1. The molecule has 0 fully saturated rings. The van der Waals surface area contributed by atoms with Crippen LogP contribution in [-0.4, -0.2) is 11.5 Å². The SMILES string of the molecule is CC(CNC(C)c1ccc2c(c1)CCCC2)c1nccs1. The van der Waals surface area contributed by atoms with Crippen LogP contribution in [0.2, 0.25) is 0 Å². The lowest BCUT2D eigenvalue weighted by atomic mass is 9.89. The molecule has 112 valence electrons. The van der Waals surface area contributed by atoms with Crippen molar-refractivity contribution in [3.8, 4) is 0 Å². The van der Waals surface area contributed by atoms with Crippen LogP contribution >= 0.6 is 11.3 Å². The van der Waals surface area contributed by atoms with Gasteiger partial charge in [0.15, 0.2) is 0 Å². The highest BCUT2D eigenvalue weighted by atomic mass is 32.1. The van der Waals surface area contributed by atoms with Gasteiger partial charge in [-0.05, 0) is 49.3 Å². The summed E-state index contributed by atoms with van der Waals surface area (Å²) in [6.07, 6.45) is 7.11. The van der Waals surface area contributed by atoms with Crippen LogP contribution in [0.4, 0.5) is 0 Å². The van der Waals surface area contributed by atoms with E-state index in [0.29, 0.717) is 12.0 Å². The maximum atomic E-state index is 4.40. The summed E-state index contributed by atoms with van der Waals surface area (Å²) in [5, 5.41) is 6.94. The van der Waals surface area contributed by atoms with Crippen LogP contribution in [0.1, 0.15) is 60.3 Å². The fourth-order valence-electron chi connectivity index (χ4n) is 3.06. The second-order valence-corrected chi connectivity index (χ2v) is 7.06. The van der Waals surface area contributed by atoms with Gasteiger partial charge in [-0.3, -0.25) is 0 Å².